The lowest BCUT2D eigenvalue weighted by molar-refractivity contribution is 0.0992. The van der Waals surface area contributed by atoms with E-state index >= 15 is 0 Å². The summed E-state index contributed by atoms with van der Waals surface area (Å²) >= 11 is 9.12. The van der Waals surface area contributed by atoms with Crippen molar-refractivity contribution in [3.8, 4) is 0 Å². The molecule has 19 heavy (non-hydrogen) atoms. The van der Waals surface area contributed by atoms with Gasteiger partial charge >= 0.3 is 0 Å². The molecular formula is C13H11BrClFN2O. The van der Waals surface area contributed by atoms with Crippen LogP contribution in [0.1, 0.15) is 21.6 Å². The Morgan fingerprint density at radius 2 is 2.21 bits per heavy atom. The summed E-state index contributed by atoms with van der Waals surface area (Å²) < 4.78 is 15.2. The Kier molecular flexibility index (Phi) is 4.06. The van der Waals surface area contributed by atoms with E-state index in [9.17, 15) is 9.18 Å². The maximum atomic E-state index is 13.4. The fourth-order valence-corrected chi connectivity index (χ4v) is 2.29. The molecule has 100 valence electrons. The molecule has 3 nitrogen and oxygen atoms in total. The third-order valence-electron chi connectivity index (χ3n) is 2.85. The second-order valence-corrected chi connectivity index (χ2v) is 5.42. The summed E-state index contributed by atoms with van der Waals surface area (Å²) in [5.41, 5.74) is 1.70. The van der Waals surface area contributed by atoms with Gasteiger partial charge in [0, 0.05) is 24.6 Å². The molecule has 0 saturated carbocycles. The standard InChI is InChI=1S/C13H11BrClFN2O/c1-7-9(13(15)18(2)17-7)6-12(19)8-3-4-10(14)11(16)5-8/h3-5H,6H2,1-2H3. The maximum Gasteiger partial charge on any atom is 0.167 e. The van der Waals surface area contributed by atoms with E-state index in [2.05, 4.69) is 21.0 Å². The molecule has 0 aliphatic carbocycles. The zero-order chi connectivity index (χ0) is 14.2. The van der Waals surface area contributed by atoms with Gasteiger partial charge in [0.1, 0.15) is 11.0 Å². The first kappa shape index (κ1) is 14.2. The molecule has 0 bridgehead atoms. The van der Waals surface area contributed by atoms with E-state index in [4.69, 9.17) is 11.6 Å². The van der Waals surface area contributed by atoms with Crippen LogP contribution in [0.25, 0.3) is 0 Å². The number of carbonyl (C=O) groups is 1. The highest BCUT2D eigenvalue weighted by molar-refractivity contribution is 9.10. The van der Waals surface area contributed by atoms with Crippen LogP contribution in [0.15, 0.2) is 22.7 Å². The van der Waals surface area contributed by atoms with Crippen molar-refractivity contribution in [3.63, 3.8) is 0 Å². The maximum absolute atomic E-state index is 13.4. The van der Waals surface area contributed by atoms with Crippen molar-refractivity contribution in [2.75, 3.05) is 0 Å². The van der Waals surface area contributed by atoms with Gasteiger partial charge in [-0.15, -0.1) is 0 Å². The van der Waals surface area contributed by atoms with Crippen molar-refractivity contribution in [3.05, 3.63) is 50.5 Å². The van der Waals surface area contributed by atoms with Crippen LogP contribution in [-0.2, 0) is 13.5 Å². The summed E-state index contributed by atoms with van der Waals surface area (Å²) in [6.07, 6.45) is 0.111. The highest BCUT2D eigenvalue weighted by Crippen LogP contribution is 2.22. The van der Waals surface area contributed by atoms with Crippen molar-refractivity contribution in [2.24, 2.45) is 7.05 Å². The molecule has 6 heteroatoms. The van der Waals surface area contributed by atoms with Gasteiger partial charge in [0.2, 0.25) is 0 Å². The van der Waals surface area contributed by atoms with E-state index in [1.807, 2.05) is 0 Å². The number of benzene rings is 1. The van der Waals surface area contributed by atoms with Gasteiger partial charge in [-0.2, -0.15) is 5.10 Å². The molecule has 0 saturated heterocycles. The Bertz CT molecular complexity index is 654. The third kappa shape index (κ3) is 2.87. The molecule has 1 heterocycles. The van der Waals surface area contributed by atoms with E-state index in [1.165, 1.54) is 16.8 Å². The highest BCUT2D eigenvalue weighted by atomic mass is 79.9. The number of hydrogen-bond donors (Lipinski definition) is 0. The minimum absolute atomic E-state index is 0.111. The molecule has 2 aromatic rings. The smallest absolute Gasteiger partial charge is 0.167 e. The van der Waals surface area contributed by atoms with Crippen LogP contribution in [0.3, 0.4) is 0 Å². The van der Waals surface area contributed by atoms with Crippen LogP contribution >= 0.6 is 27.5 Å². The molecule has 0 aliphatic heterocycles. The molecule has 0 amide bonds. The molecule has 1 aromatic heterocycles. The molecular weight excluding hydrogens is 335 g/mol. The molecule has 0 atom stereocenters. The molecule has 0 spiro atoms. The predicted octanol–water partition coefficient (Wildman–Crippen LogP) is 3.71. The van der Waals surface area contributed by atoms with Gasteiger partial charge in [-0.25, -0.2) is 4.39 Å². The second-order valence-electron chi connectivity index (χ2n) is 4.21. The summed E-state index contributed by atoms with van der Waals surface area (Å²) in [5.74, 6) is -0.649. The van der Waals surface area contributed by atoms with E-state index in [0.717, 1.165) is 0 Å². The molecule has 0 unspecified atom stereocenters. The van der Waals surface area contributed by atoms with E-state index < -0.39 is 5.82 Å². The molecule has 0 aliphatic rings. The number of hydrogen-bond acceptors (Lipinski definition) is 2. The topological polar surface area (TPSA) is 34.9 Å². The van der Waals surface area contributed by atoms with E-state index in [1.54, 1.807) is 20.0 Å². The third-order valence-corrected chi connectivity index (χ3v) is 3.96. The summed E-state index contributed by atoms with van der Waals surface area (Å²) in [7, 11) is 1.71. The second kappa shape index (κ2) is 5.43. The number of halogens is 3. The van der Waals surface area contributed by atoms with Crippen LogP contribution in [0.2, 0.25) is 5.15 Å². The Balaban J connectivity index is 2.28. The van der Waals surface area contributed by atoms with Gasteiger partial charge in [0.15, 0.2) is 5.78 Å². The molecule has 0 N–H and O–H groups in total. The lowest BCUT2D eigenvalue weighted by Crippen LogP contribution is -2.05. The number of aryl methyl sites for hydroxylation is 2. The Morgan fingerprint density at radius 1 is 1.53 bits per heavy atom. The van der Waals surface area contributed by atoms with Gasteiger partial charge in [0.25, 0.3) is 0 Å². The lowest BCUT2D eigenvalue weighted by Gasteiger charge is -2.03. The van der Waals surface area contributed by atoms with Gasteiger partial charge in [0.05, 0.1) is 10.2 Å². The molecule has 1 aromatic carbocycles. The van der Waals surface area contributed by atoms with Crippen molar-refractivity contribution in [1.29, 1.82) is 0 Å². The van der Waals surface area contributed by atoms with Crippen LogP contribution in [-0.4, -0.2) is 15.6 Å². The minimum Gasteiger partial charge on any atom is -0.294 e. The van der Waals surface area contributed by atoms with Crippen LogP contribution in [0.5, 0.6) is 0 Å². The average molecular weight is 346 g/mol. The average Bonchev–Trinajstić information content (AvgIpc) is 2.59. The number of aromatic nitrogens is 2. The quantitative estimate of drug-likeness (QED) is 0.795. The van der Waals surface area contributed by atoms with Gasteiger partial charge in [-0.1, -0.05) is 17.7 Å². The first-order valence-electron chi connectivity index (χ1n) is 5.56. The lowest BCUT2D eigenvalue weighted by atomic mass is 10.0. The van der Waals surface area contributed by atoms with Gasteiger partial charge in [-0.05, 0) is 35.0 Å². The van der Waals surface area contributed by atoms with Crippen molar-refractivity contribution >= 4 is 33.3 Å². The van der Waals surface area contributed by atoms with Crippen molar-refractivity contribution < 1.29 is 9.18 Å². The zero-order valence-corrected chi connectivity index (χ0v) is 12.7. The van der Waals surface area contributed by atoms with E-state index in [0.29, 0.717) is 26.4 Å². The minimum atomic E-state index is -0.458. The Morgan fingerprint density at radius 3 is 2.74 bits per heavy atom. The summed E-state index contributed by atoms with van der Waals surface area (Å²) in [6, 6.07) is 4.31. The summed E-state index contributed by atoms with van der Waals surface area (Å²) in [5, 5.41) is 4.57. The fraction of sp³-hybridized carbons (Fsp3) is 0.231. The van der Waals surface area contributed by atoms with E-state index in [-0.39, 0.29) is 12.2 Å². The largest absolute Gasteiger partial charge is 0.294 e. The van der Waals surface area contributed by atoms with Gasteiger partial charge in [-0.3, -0.25) is 9.48 Å². The predicted molar refractivity (Wildman–Crippen MR) is 75.1 cm³/mol. The monoisotopic (exact) mass is 344 g/mol. The first-order chi connectivity index (χ1) is 8.90. The number of ketones is 1. The van der Waals surface area contributed by atoms with Crippen LogP contribution < -0.4 is 0 Å². The molecule has 0 fully saturated rings. The molecule has 2 rings (SSSR count). The normalized spacial score (nSPS) is 10.8. The molecule has 0 radical (unpaired) electrons. The van der Waals surface area contributed by atoms with Crippen molar-refractivity contribution in [2.45, 2.75) is 13.3 Å². The Hall–Kier alpha value is -1.20. The SMILES string of the molecule is Cc1nn(C)c(Cl)c1CC(=O)c1ccc(Br)c(F)c1. The number of Topliss-reactive ketones (excluding diaryl/α,β-unsaturated/α-hetero) is 1. The van der Waals surface area contributed by atoms with Crippen LogP contribution in [0, 0.1) is 12.7 Å². The fourth-order valence-electron chi connectivity index (χ4n) is 1.81. The summed E-state index contributed by atoms with van der Waals surface area (Å²) in [6.45, 7) is 1.79. The summed E-state index contributed by atoms with van der Waals surface area (Å²) in [4.78, 5) is 12.1. The zero-order valence-electron chi connectivity index (χ0n) is 10.4. The van der Waals surface area contributed by atoms with Crippen LogP contribution in [0.4, 0.5) is 4.39 Å². The number of carbonyl (C=O) groups excluding carboxylic acids is 1. The van der Waals surface area contributed by atoms with Crippen molar-refractivity contribution in [1.82, 2.24) is 9.78 Å². The van der Waals surface area contributed by atoms with Gasteiger partial charge < -0.3 is 0 Å². The highest BCUT2D eigenvalue weighted by Gasteiger charge is 2.16. The number of nitrogens with zero attached hydrogens (tertiary/aromatic N) is 2. The Labute approximate surface area is 123 Å². The number of rotatable bonds is 3. The first-order valence-corrected chi connectivity index (χ1v) is 6.73.